The Morgan fingerprint density at radius 3 is 2.77 bits per heavy atom. The molecule has 2 heterocycles. The second kappa shape index (κ2) is 6.22. The number of hydrogen-bond donors (Lipinski definition) is 1. The predicted molar refractivity (Wildman–Crippen MR) is 79.5 cm³/mol. The van der Waals surface area contributed by atoms with Crippen LogP contribution in [0.2, 0.25) is 0 Å². The highest BCUT2D eigenvalue weighted by Gasteiger charge is 2.13. The molecule has 1 N–H and O–H groups in total. The van der Waals surface area contributed by atoms with E-state index >= 15 is 0 Å². The lowest BCUT2D eigenvalue weighted by atomic mass is 10.1. The van der Waals surface area contributed by atoms with E-state index in [2.05, 4.69) is 10.3 Å². The van der Waals surface area contributed by atoms with Crippen LogP contribution in [0.3, 0.4) is 0 Å². The van der Waals surface area contributed by atoms with Crippen LogP contribution in [0.25, 0.3) is 11.5 Å². The third-order valence-electron chi connectivity index (χ3n) is 3.20. The van der Waals surface area contributed by atoms with Gasteiger partial charge in [0.05, 0.1) is 11.8 Å². The molecule has 0 bridgehead atoms. The molecule has 0 aliphatic heterocycles. The normalized spacial score (nSPS) is 10.4. The van der Waals surface area contributed by atoms with Gasteiger partial charge in [0.2, 0.25) is 0 Å². The Morgan fingerprint density at radius 2 is 2.00 bits per heavy atom. The monoisotopic (exact) mass is 296 g/mol. The maximum atomic E-state index is 13.6. The molecule has 1 aromatic carbocycles. The number of pyridine rings is 1. The van der Waals surface area contributed by atoms with Crippen LogP contribution in [-0.4, -0.2) is 10.9 Å². The van der Waals surface area contributed by atoms with Crippen molar-refractivity contribution >= 4 is 5.91 Å². The van der Waals surface area contributed by atoms with E-state index in [0.29, 0.717) is 11.5 Å². The Bertz CT molecular complexity index is 785. The molecule has 3 rings (SSSR count). The van der Waals surface area contributed by atoms with E-state index < -0.39 is 11.7 Å². The quantitative estimate of drug-likeness (QED) is 0.802. The highest BCUT2D eigenvalue weighted by molar-refractivity contribution is 5.94. The van der Waals surface area contributed by atoms with Gasteiger partial charge in [-0.15, -0.1) is 0 Å². The number of amides is 1. The van der Waals surface area contributed by atoms with Crippen LogP contribution in [-0.2, 0) is 6.54 Å². The van der Waals surface area contributed by atoms with E-state index in [9.17, 15) is 9.18 Å². The number of aromatic nitrogens is 1. The van der Waals surface area contributed by atoms with Gasteiger partial charge in [-0.05, 0) is 30.3 Å². The Morgan fingerprint density at radius 1 is 1.14 bits per heavy atom. The summed E-state index contributed by atoms with van der Waals surface area (Å²) in [5.74, 6) is -0.388. The molecule has 5 heteroatoms. The minimum atomic E-state index is -0.544. The second-order valence-corrected chi connectivity index (χ2v) is 4.65. The number of halogens is 1. The largest absolute Gasteiger partial charge is 0.463 e. The molecule has 22 heavy (non-hydrogen) atoms. The number of hydrogen-bond acceptors (Lipinski definition) is 3. The van der Waals surface area contributed by atoms with Gasteiger partial charge in [-0.2, -0.15) is 0 Å². The fraction of sp³-hybridized carbons (Fsp3) is 0.0588. The molecule has 0 spiro atoms. The Kier molecular flexibility index (Phi) is 3.96. The van der Waals surface area contributed by atoms with Crippen molar-refractivity contribution in [2.45, 2.75) is 6.54 Å². The van der Waals surface area contributed by atoms with E-state index in [1.807, 2.05) is 6.07 Å². The first-order chi connectivity index (χ1) is 10.8. The van der Waals surface area contributed by atoms with Gasteiger partial charge in [-0.1, -0.05) is 18.2 Å². The zero-order chi connectivity index (χ0) is 15.4. The molecule has 0 atom stereocenters. The van der Waals surface area contributed by atoms with Crippen molar-refractivity contribution in [1.82, 2.24) is 10.3 Å². The summed E-state index contributed by atoms with van der Waals surface area (Å²) < 4.78 is 18.9. The van der Waals surface area contributed by atoms with Crippen LogP contribution in [0.15, 0.2) is 65.4 Å². The second-order valence-electron chi connectivity index (χ2n) is 4.65. The summed E-state index contributed by atoms with van der Waals surface area (Å²) in [7, 11) is 0. The summed E-state index contributed by atoms with van der Waals surface area (Å²) in [5, 5.41) is 2.70. The molecule has 0 aliphatic carbocycles. The van der Waals surface area contributed by atoms with Crippen LogP contribution in [0, 0.1) is 5.82 Å². The number of benzene rings is 1. The molecular weight excluding hydrogens is 283 g/mol. The topological polar surface area (TPSA) is 55.1 Å². The summed E-state index contributed by atoms with van der Waals surface area (Å²) >= 11 is 0. The van der Waals surface area contributed by atoms with Crippen molar-refractivity contribution in [3.8, 4) is 11.5 Å². The molecule has 0 unspecified atom stereocenters. The molecule has 1 amide bonds. The molecule has 4 nitrogen and oxygen atoms in total. The third kappa shape index (κ3) is 2.88. The molecular formula is C17H13FN2O2. The van der Waals surface area contributed by atoms with Gasteiger partial charge in [-0.3, -0.25) is 9.78 Å². The maximum absolute atomic E-state index is 13.6. The first-order valence-electron chi connectivity index (χ1n) is 6.76. The van der Waals surface area contributed by atoms with Gasteiger partial charge < -0.3 is 9.73 Å². The molecule has 0 fully saturated rings. The lowest BCUT2D eigenvalue weighted by Gasteiger charge is -2.09. The smallest absolute Gasteiger partial charge is 0.254 e. The predicted octanol–water partition coefficient (Wildman–Crippen LogP) is 3.41. The lowest BCUT2D eigenvalue weighted by molar-refractivity contribution is 0.0947. The summed E-state index contributed by atoms with van der Waals surface area (Å²) in [6, 6.07) is 13.0. The van der Waals surface area contributed by atoms with E-state index in [4.69, 9.17) is 4.42 Å². The van der Waals surface area contributed by atoms with Gasteiger partial charge in [0.25, 0.3) is 5.91 Å². The van der Waals surface area contributed by atoms with Crippen molar-refractivity contribution in [3.05, 3.63) is 77.9 Å². The average Bonchev–Trinajstić information content (AvgIpc) is 3.07. The minimum Gasteiger partial charge on any atom is -0.463 e. The molecule has 0 saturated heterocycles. The van der Waals surface area contributed by atoms with Gasteiger partial charge >= 0.3 is 0 Å². The minimum absolute atomic E-state index is 0.0194. The van der Waals surface area contributed by atoms with E-state index in [1.54, 1.807) is 42.8 Å². The summed E-state index contributed by atoms with van der Waals surface area (Å²) in [6.07, 6.45) is 3.21. The molecule has 0 saturated carbocycles. The molecule has 3 aromatic rings. The van der Waals surface area contributed by atoms with Crippen LogP contribution >= 0.6 is 0 Å². The fourth-order valence-electron chi connectivity index (χ4n) is 2.13. The number of carbonyl (C=O) groups is 1. The standard InChI is InChI=1S/C17H13FN2O2/c18-14-7-2-1-6-13(14)17(21)20-11-12-5-3-9-19-16(12)15-8-4-10-22-15/h1-10H,11H2,(H,20,21). The third-order valence-corrected chi connectivity index (χ3v) is 3.20. The van der Waals surface area contributed by atoms with Crippen molar-refractivity contribution in [3.63, 3.8) is 0 Å². The van der Waals surface area contributed by atoms with Crippen molar-refractivity contribution < 1.29 is 13.6 Å². The summed E-state index contributed by atoms with van der Waals surface area (Å²) in [5.41, 5.74) is 1.47. The SMILES string of the molecule is O=C(NCc1cccnc1-c1ccco1)c1ccccc1F. The number of carbonyl (C=O) groups excluding carboxylic acids is 1. The Balaban J connectivity index is 1.78. The molecule has 110 valence electrons. The van der Waals surface area contributed by atoms with Crippen LogP contribution < -0.4 is 5.32 Å². The highest BCUT2D eigenvalue weighted by atomic mass is 19.1. The van der Waals surface area contributed by atoms with Crippen LogP contribution in [0.1, 0.15) is 15.9 Å². The van der Waals surface area contributed by atoms with Crippen molar-refractivity contribution in [2.75, 3.05) is 0 Å². The highest BCUT2D eigenvalue weighted by Crippen LogP contribution is 2.21. The zero-order valence-corrected chi connectivity index (χ0v) is 11.6. The first kappa shape index (κ1) is 14.0. The number of nitrogens with one attached hydrogen (secondary N) is 1. The summed E-state index contributed by atoms with van der Waals surface area (Å²) in [6.45, 7) is 0.233. The maximum Gasteiger partial charge on any atom is 0.254 e. The number of furan rings is 1. The lowest BCUT2D eigenvalue weighted by Crippen LogP contribution is -2.24. The van der Waals surface area contributed by atoms with Crippen molar-refractivity contribution in [2.24, 2.45) is 0 Å². The summed E-state index contributed by atoms with van der Waals surface area (Å²) in [4.78, 5) is 16.3. The van der Waals surface area contributed by atoms with Gasteiger partial charge in [0.15, 0.2) is 5.76 Å². The molecule has 2 aromatic heterocycles. The molecule has 0 aliphatic rings. The molecule has 0 radical (unpaired) electrons. The van der Waals surface area contributed by atoms with Gasteiger partial charge in [0.1, 0.15) is 11.5 Å². The van der Waals surface area contributed by atoms with Gasteiger partial charge in [0, 0.05) is 18.3 Å². The van der Waals surface area contributed by atoms with E-state index in [-0.39, 0.29) is 12.1 Å². The Hall–Kier alpha value is -2.95. The van der Waals surface area contributed by atoms with Crippen LogP contribution in [0.5, 0.6) is 0 Å². The van der Waals surface area contributed by atoms with Crippen molar-refractivity contribution in [1.29, 1.82) is 0 Å². The fourth-order valence-corrected chi connectivity index (χ4v) is 2.13. The zero-order valence-electron chi connectivity index (χ0n) is 11.6. The Labute approximate surface area is 126 Å². The van der Waals surface area contributed by atoms with Crippen LogP contribution in [0.4, 0.5) is 4.39 Å². The van der Waals surface area contributed by atoms with E-state index in [0.717, 1.165) is 5.56 Å². The first-order valence-corrected chi connectivity index (χ1v) is 6.76. The average molecular weight is 296 g/mol. The number of rotatable bonds is 4. The number of nitrogens with zero attached hydrogens (tertiary/aromatic N) is 1. The van der Waals surface area contributed by atoms with E-state index in [1.165, 1.54) is 12.1 Å². The van der Waals surface area contributed by atoms with Gasteiger partial charge in [-0.25, -0.2) is 4.39 Å².